The molecule has 1 aromatic carbocycles. The normalized spacial score (nSPS) is 11.4. The second-order valence-corrected chi connectivity index (χ2v) is 4.64. The van der Waals surface area contributed by atoms with Crippen LogP contribution in [-0.4, -0.2) is 18.6 Å². The van der Waals surface area contributed by atoms with Crippen molar-refractivity contribution < 1.29 is 4.79 Å². The van der Waals surface area contributed by atoms with Crippen LogP contribution in [0.15, 0.2) is 34.9 Å². The highest BCUT2D eigenvalue weighted by molar-refractivity contribution is 8.02. The fourth-order valence-corrected chi connectivity index (χ4v) is 2.13. The molecule has 0 aromatic heterocycles. The third-order valence-electron chi connectivity index (χ3n) is 2.21. The van der Waals surface area contributed by atoms with Gasteiger partial charge < -0.3 is 5.32 Å². The zero-order chi connectivity index (χ0) is 13.5. The summed E-state index contributed by atoms with van der Waals surface area (Å²) in [5, 5.41) is 13.3. The Morgan fingerprint density at radius 2 is 2.06 bits per heavy atom. The van der Waals surface area contributed by atoms with Crippen molar-refractivity contribution in [2.45, 2.75) is 6.92 Å². The van der Waals surface area contributed by atoms with Gasteiger partial charge in [0.25, 0.3) is 0 Å². The summed E-state index contributed by atoms with van der Waals surface area (Å²) < 4.78 is 0. The van der Waals surface area contributed by atoms with Crippen LogP contribution in [-0.2, 0) is 0 Å². The van der Waals surface area contributed by atoms with Crippen molar-refractivity contribution in [2.75, 3.05) is 12.8 Å². The van der Waals surface area contributed by atoms with E-state index in [0.717, 1.165) is 0 Å². The Hall–Kier alpha value is -1.44. The quantitative estimate of drug-likeness (QED) is 0.511. The number of hydrogen-bond donors (Lipinski definition) is 1. The predicted molar refractivity (Wildman–Crippen MR) is 75.6 cm³/mol. The molecule has 0 bridgehead atoms. The fraction of sp³-hybridized carbons (Fsp3) is 0.231. The highest BCUT2D eigenvalue weighted by Crippen LogP contribution is 2.19. The van der Waals surface area contributed by atoms with Crippen LogP contribution in [0.5, 0.6) is 0 Å². The van der Waals surface area contributed by atoms with Gasteiger partial charge in [0.1, 0.15) is 11.6 Å². The number of rotatable bonds is 5. The number of halogens is 1. The van der Waals surface area contributed by atoms with Crippen molar-refractivity contribution in [3.63, 3.8) is 0 Å². The first-order valence-corrected chi connectivity index (χ1v) is 6.96. The zero-order valence-corrected chi connectivity index (χ0v) is 11.7. The standard InChI is InChI=1S/C13H13ClN2OS/c1-3-16-13(18-2)11(8-15)12(17)9-4-6-10(14)7-5-9/h4-7,16H,3H2,1-2H3. The Bertz CT molecular complexity index is 503. The van der Waals surface area contributed by atoms with Crippen molar-refractivity contribution >= 4 is 29.1 Å². The number of Topliss-reactive ketones (excluding diaryl/α,β-unsaturated/α-hetero) is 1. The molecule has 0 heterocycles. The van der Waals surface area contributed by atoms with Crippen LogP contribution in [0.4, 0.5) is 0 Å². The zero-order valence-electron chi connectivity index (χ0n) is 10.2. The number of hydrogen-bond acceptors (Lipinski definition) is 4. The Kier molecular flexibility index (Phi) is 5.76. The number of carbonyl (C=O) groups is 1. The molecule has 0 amide bonds. The van der Waals surface area contributed by atoms with Gasteiger partial charge in [-0.15, -0.1) is 11.8 Å². The number of nitrogens with one attached hydrogen (secondary N) is 1. The number of ketones is 1. The van der Waals surface area contributed by atoms with Gasteiger partial charge in [-0.05, 0) is 37.4 Å². The molecule has 1 aromatic rings. The minimum atomic E-state index is -0.292. The van der Waals surface area contributed by atoms with Gasteiger partial charge in [0, 0.05) is 17.1 Å². The lowest BCUT2D eigenvalue weighted by molar-refractivity contribution is 0.103. The minimum absolute atomic E-state index is 0.131. The first kappa shape index (κ1) is 14.6. The summed E-state index contributed by atoms with van der Waals surface area (Å²) in [7, 11) is 0. The largest absolute Gasteiger partial charge is 0.379 e. The van der Waals surface area contributed by atoms with E-state index in [-0.39, 0.29) is 11.4 Å². The summed E-state index contributed by atoms with van der Waals surface area (Å²) in [6.07, 6.45) is 1.82. The molecule has 94 valence electrons. The maximum absolute atomic E-state index is 12.2. The monoisotopic (exact) mass is 280 g/mol. The van der Waals surface area contributed by atoms with E-state index >= 15 is 0 Å². The molecule has 0 saturated carbocycles. The fourth-order valence-electron chi connectivity index (χ4n) is 1.37. The molecule has 0 atom stereocenters. The van der Waals surface area contributed by atoms with E-state index in [1.165, 1.54) is 11.8 Å². The molecule has 0 radical (unpaired) electrons. The Morgan fingerprint density at radius 1 is 1.44 bits per heavy atom. The summed E-state index contributed by atoms with van der Waals surface area (Å²) in [6.45, 7) is 2.58. The molecule has 0 spiro atoms. The van der Waals surface area contributed by atoms with E-state index in [9.17, 15) is 4.79 Å². The number of allylic oxidation sites excluding steroid dienone is 1. The molecular formula is C13H13ClN2OS. The van der Waals surface area contributed by atoms with Crippen LogP contribution < -0.4 is 5.32 Å². The van der Waals surface area contributed by atoms with Crippen molar-refractivity contribution in [1.82, 2.24) is 5.32 Å². The summed E-state index contributed by atoms with van der Waals surface area (Å²) in [4.78, 5) is 12.2. The second-order valence-electron chi connectivity index (χ2n) is 3.39. The summed E-state index contributed by atoms with van der Waals surface area (Å²) in [5.74, 6) is -0.292. The van der Waals surface area contributed by atoms with Crippen LogP contribution in [0.25, 0.3) is 0 Å². The SMILES string of the molecule is CCNC(SC)=C(C#N)C(=O)c1ccc(Cl)cc1. The smallest absolute Gasteiger partial charge is 0.206 e. The summed E-state index contributed by atoms with van der Waals surface area (Å²) >= 11 is 7.12. The van der Waals surface area contributed by atoms with Crippen molar-refractivity contribution in [2.24, 2.45) is 0 Å². The lowest BCUT2D eigenvalue weighted by Crippen LogP contribution is -2.15. The molecule has 3 nitrogen and oxygen atoms in total. The van der Waals surface area contributed by atoms with Gasteiger partial charge in [-0.1, -0.05) is 11.6 Å². The lowest BCUT2D eigenvalue weighted by atomic mass is 10.1. The van der Waals surface area contributed by atoms with E-state index in [4.69, 9.17) is 16.9 Å². The highest BCUT2D eigenvalue weighted by Gasteiger charge is 2.16. The second kappa shape index (κ2) is 7.10. The first-order valence-electron chi connectivity index (χ1n) is 5.36. The maximum atomic E-state index is 12.2. The average molecular weight is 281 g/mol. The Balaban J connectivity index is 3.13. The maximum Gasteiger partial charge on any atom is 0.206 e. The molecule has 0 saturated heterocycles. The van der Waals surface area contributed by atoms with Crippen LogP contribution >= 0.6 is 23.4 Å². The van der Waals surface area contributed by atoms with Gasteiger partial charge in [-0.3, -0.25) is 4.79 Å². The number of nitriles is 1. The van der Waals surface area contributed by atoms with E-state index in [2.05, 4.69) is 5.32 Å². The third-order valence-corrected chi connectivity index (χ3v) is 3.22. The van der Waals surface area contributed by atoms with E-state index in [1.54, 1.807) is 24.3 Å². The third kappa shape index (κ3) is 3.52. The lowest BCUT2D eigenvalue weighted by Gasteiger charge is -2.08. The van der Waals surface area contributed by atoms with Gasteiger partial charge >= 0.3 is 0 Å². The summed E-state index contributed by atoms with van der Waals surface area (Å²) in [5.41, 5.74) is 0.590. The molecule has 5 heteroatoms. The van der Waals surface area contributed by atoms with E-state index in [1.807, 2.05) is 19.2 Å². The molecule has 1 rings (SSSR count). The molecule has 1 N–H and O–H groups in total. The predicted octanol–water partition coefficient (Wildman–Crippen LogP) is 3.23. The molecule has 0 aliphatic heterocycles. The molecule has 0 aliphatic carbocycles. The number of nitrogens with zero attached hydrogens (tertiary/aromatic N) is 1. The van der Waals surface area contributed by atoms with Crippen molar-refractivity contribution in [3.05, 3.63) is 45.5 Å². The van der Waals surface area contributed by atoms with Gasteiger partial charge in [0.15, 0.2) is 0 Å². The van der Waals surface area contributed by atoms with Gasteiger partial charge in [0.2, 0.25) is 5.78 Å². The van der Waals surface area contributed by atoms with Crippen LogP contribution in [0.1, 0.15) is 17.3 Å². The molecule has 0 aliphatic rings. The van der Waals surface area contributed by atoms with Crippen LogP contribution in [0, 0.1) is 11.3 Å². The van der Waals surface area contributed by atoms with Crippen molar-refractivity contribution in [1.29, 1.82) is 5.26 Å². The minimum Gasteiger partial charge on any atom is -0.379 e. The first-order chi connectivity index (χ1) is 8.63. The molecular weight excluding hydrogens is 268 g/mol. The van der Waals surface area contributed by atoms with E-state index < -0.39 is 0 Å². The summed E-state index contributed by atoms with van der Waals surface area (Å²) in [6, 6.07) is 8.47. The Labute approximate surface area is 116 Å². The van der Waals surface area contributed by atoms with Crippen molar-refractivity contribution in [3.8, 4) is 6.07 Å². The number of carbonyl (C=O) groups excluding carboxylic acids is 1. The molecule has 0 fully saturated rings. The van der Waals surface area contributed by atoms with Gasteiger partial charge in [-0.2, -0.15) is 5.26 Å². The van der Waals surface area contributed by atoms with Crippen LogP contribution in [0.3, 0.4) is 0 Å². The molecule has 18 heavy (non-hydrogen) atoms. The van der Waals surface area contributed by atoms with Gasteiger partial charge in [0.05, 0.1) is 5.03 Å². The van der Waals surface area contributed by atoms with E-state index in [0.29, 0.717) is 22.2 Å². The van der Waals surface area contributed by atoms with Crippen LogP contribution in [0.2, 0.25) is 5.02 Å². The highest BCUT2D eigenvalue weighted by atomic mass is 35.5. The number of thioether (sulfide) groups is 1. The van der Waals surface area contributed by atoms with Gasteiger partial charge in [-0.25, -0.2) is 0 Å². The number of benzene rings is 1. The molecule has 0 unspecified atom stereocenters. The average Bonchev–Trinajstić information content (AvgIpc) is 2.39. The Morgan fingerprint density at radius 3 is 2.50 bits per heavy atom. The topological polar surface area (TPSA) is 52.9 Å².